The van der Waals surface area contributed by atoms with Crippen LogP contribution in [0.2, 0.25) is 0 Å². The first-order chi connectivity index (χ1) is 19.9. The Kier molecular flexibility index (Phi) is 21.4. The summed E-state index contributed by atoms with van der Waals surface area (Å²) in [7, 11) is -12.6. The summed E-state index contributed by atoms with van der Waals surface area (Å²) in [6.07, 6.45) is 3.15. The molecule has 2 heterocycles. The molecule has 13 nitrogen and oxygen atoms in total. The Hall–Kier alpha value is 1.06. The molecule has 1 aromatic rings. The molecule has 248 valence electrons. The van der Waals surface area contributed by atoms with Gasteiger partial charge < -0.3 is 41.9 Å². The van der Waals surface area contributed by atoms with Gasteiger partial charge in [0.2, 0.25) is 0 Å². The van der Waals surface area contributed by atoms with Crippen LogP contribution in [0.15, 0.2) is 18.2 Å². The molecule has 1 aliphatic heterocycles. The Bertz CT molecular complexity index is 1010. The summed E-state index contributed by atoms with van der Waals surface area (Å²) in [6, 6.07) is 5.35. The van der Waals surface area contributed by atoms with E-state index in [0.29, 0.717) is 30.7 Å². The van der Waals surface area contributed by atoms with Crippen molar-refractivity contribution in [3.05, 3.63) is 29.6 Å². The summed E-state index contributed by atoms with van der Waals surface area (Å²) < 4.78 is 53.9. The van der Waals surface area contributed by atoms with Gasteiger partial charge in [-0.1, -0.05) is 46.1 Å². The van der Waals surface area contributed by atoms with E-state index in [1.807, 2.05) is 20.8 Å². The maximum Gasteiger partial charge on any atom is 3.00 e. The molecule has 0 saturated heterocycles. The van der Waals surface area contributed by atoms with Gasteiger partial charge in [-0.15, -0.1) is 0 Å². The minimum atomic E-state index is -4.24. The van der Waals surface area contributed by atoms with E-state index >= 15 is 0 Å². The number of pyridine rings is 1. The Morgan fingerprint density at radius 2 is 0.977 bits per heavy atom. The Morgan fingerprint density at radius 1 is 0.651 bits per heavy atom. The van der Waals surface area contributed by atoms with Gasteiger partial charge in [-0.3, -0.25) is 19.7 Å². The summed E-state index contributed by atoms with van der Waals surface area (Å²) in [5.74, 6) is 0. The van der Waals surface area contributed by atoms with Gasteiger partial charge in [0.25, 0.3) is 0 Å². The van der Waals surface area contributed by atoms with Crippen molar-refractivity contribution in [2.75, 3.05) is 64.9 Å². The Morgan fingerprint density at radius 3 is 1.33 bits per heavy atom. The average molecular weight is 806 g/mol. The summed E-state index contributed by atoms with van der Waals surface area (Å²) in [4.78, 5) is 48.0. The van der Waals surface area contributed by atoms with Crippen molar-refractivity contribution < 1.29 is 91.3 Å². The molecule has 3 atom stereocenters. The second-order valence-corrected chi connectivity index (χ2v) is 15.9. The fourth-order valence-electron chi connectivity index (χ4n) is 4.28. The Labute approximate surface area is 298 Å². The number of fused-ring (bicyclic) bond motifs is 2. The first kappa shape index (κ1) is 42.1. The molecule has 0 aliphatic carbocycles. The summed E-state index contributed by atoms with van der Waals surface area (Å²) >= 11 is 0. The van der Waals surface area contributed by atoms with E-state index in [1.165, 1.54) is 0 Å². The monoisotopic (exact) mass is 806 g/mol. The quantitative estimate of drug-likeness (QED) is 0.157. The SMILES string of the molecule is CCCCOP(=O)([O-])CN1CCN(CP(=O)([O-])OCCCC)Cc2cccc(n2)CN(CP(=O)([O-])OCCCC)CC1.[Eu+3]. The number of aromatic nitrogens is 1. The third-order valence-electron chi connectivity index (χ3n) is 6.58. The van der Waals surface area contributed by atoms with Gasteiger partial charge in [-0.2, -0.15) is 0 Å². The Balaban J connectivity index is 0.00000924. The zero-order chi connectivity index (χ0) is 31.1. The number of unbranched alkanes of at least 4 members (excludes halogenated alkanes) is 3. The van der Waals surface area contributed by atoms with Crippen molar-refractivity contribution >= 4 is 22.8 Å². The molecule has 0 radical (unpaired) electrons. The first-order valence-corrected chi connectivity index (χ1v) is 20.0. The maximum absolute atomic E-state index is 12.8. The van der Waals surface area contributed by atoms with Crippen molar-refractivity contribution in [3.8, 4) is 0 Å². The van der Waals surface area contributed by atoms with Crippen LogP contribution in [0.3, 0.4) is 0 Å². The number of rotatable bonds is 18. The predicted molar refractivity (Wildman–Crippen MR) is 157 cm³/mol. The van der Waals surface area contributed by atoms with Crippen molar-refractivity contribution in [3.63, 3.8) is 0 Å². The number of nitrogens with zero attached hydrogens (tertiary/aromatic N) is 4. The summed E-state index contributed by atoms with van der Waals surface area (Å²) in [5, 5.41) is 0. The van der Waals surface area contributed by atoms with E-state index < -0.39 is 22.8 Å². The summed E-state index contributed by atoms with van der Waals surface area (Å²) in [6.45, 7) is 7.34. The van der Waals surface area contributed by atoms with Crippen molar-refractivity contribution in [1.29, 1.82) is 0 Å². The van der Waals surface area contributed by atoms with Crippen LogP contribution in [0.4, 0.5) is 0 Å². The van der Waals surface area contributed by atoms with Crippen LogP contribution in [0.1, 0.15) is 70.7 Å². The van der Waals surface area contributed by atoms with Crippen LogP contribution in [-0.2, 0) is 40.4 Å². The minimum Gasteiger partial charge on any atom is -0.778 e. The fourth-order valence-corrected chi connectivity index (χ4v) is 7.99. The van der Waals surface area contributed by atoms with Crippen LogP contribution in [-0.4, -0.2) is 84.5 Å². The molecule has 17 heteroatoms. The van der Waals surface area contributed by atoms with Gasteiger partial charge in [-0.25, -0.2) is 0 Å². The number of hydrogen-bond donors (Lipinski definition) is 0. The molecular formula is C26H48EuN4O9P3. The normalized spacial score (nSPS) is 20.1. The van der Waals surface area contributed by atoms with E-state index in [-0.39, 0.29) is 127 Å². The second kappa shape index (κ2) is 21.8. The zero-order valence-corrected chi connectivity index (χ0v) is 30.8. The molecular weight excluding hydrogens is 757 g/mol. The minimum absolute atomic E-state index is 0. The van der Waals surface area contributed by atoms with E-state index in [2.05, 4.69) is 4.98 Å². The maximum atomic E-state index is 12.8. The van der Waals surface area contributed by atoms with E-state index in [4.69, 9.17) is 13.6 Å². The average Bonchev–Trinajstić information content (AvgIpc) is 2.89. The smallest absolute Gasteiger partial charge is 0.778 e. The molecule has 2 bridgehead atoms. The largest absolute Gasteiger partial charge is 3.00 e. The molecule has 0 aromatic carbocycles. The molecule has 0 amide bonds. The van der Waals surface area contributed by atoms with Crippen molar-refractivity contribution in [1.82, 2.24) is 19.7 Å². The van der Waals surface area contributed by atoms with Gasteiger partial charge in [0.05, 0.1) is 50.1 Å². The molecule has 2 rings (SSSR count). The molecule has 0 spiro atoms. The van der Waals surface area contributed by atoms with E-state index in [0.717, 1.165) is 19.3 Å². The molecule has 0 N–H and O–H groups in total. The zero-order valence-electron chi connectivity index (χ0n) is 25.6. The number of hydrogen-bond acceptors (Lipinski definition) is 13. The van der Waals surface area contributed by atoms with Crippen LogP contribution < -0.4 is 14.7 Å². The third kappa shape index (κ3) is 18.9. The van der Waals surface area contributed by atoms with E-state index in [9.17, 15) is 28.4 Å². The van der Waals surface area contributed by atoms with E-state index in [1.54, 1.807) is 32.9 Å². The molecule has 3 unspecified atom stereocenters. The van der Waals surface area contributed by atoms with Gasteiger partial charge in [0.15, 0.2) is 0 Å². The van der Waals surface area contributed by atoms with Gasteiger partial charge in [0.1, 0.15) is 22.8 Å². The fraction of sp³-hybridized carbons (Fsp3) is 0.808. The van der Waals surface area contributed by atoms with Gasteiger partial charge in [-0.05, 0) is 31.4 Å². The van der Waals surface area contributed by atoms with Crippen LogP contribution in [0.25, 0.3) is 0 Å². The van der Waals surface area contributed by atoms with Crippen LogP contribution in [0.5, 0.6) is 0 Å². The molecule has 1 aromatic heterocycles. The van der Waals surface area contributed by atoms with Crippen LogP contribution in [0, 0.1) is 49.4 Å². The van der Waals surface area contributed by atoms with Crippen molar-refractivity contribution in [2.24, 2.45) is 0 Å². The van der Waals surface area contributed by atoms with Gasteiger partial charge in [0, 0.05) is 39.3 Å². The standard InChI is InChI=1S/C26H51N4O9P3.Eu/c1-4-7-17-37-40(31,32)22-28-13-15-29(23-41(33,34)38-18-8-5-2)20-25-11-10-12-26(27-25)21-30(16-14-28)24-42(35,36)39-19-9-6-3;/h10-12H,4-9,13-24H2,1-3H3,(H,31,32)(H,33,34)(H,35,36);/q;+3/p-3. The second-order valence-electron chi connectivity index (χ2n) is 10.7. The summed E-state index contributed by atoms with van der Waals surface area (Å²) in [5.41, 5.74) is 1.21. The molecule has 0 fully saturated rings. The molecule has 0 saturated carbocycles. The first-order valence-electron chi connectivity index (χ1n) is 14.8. The third-order valence-corrected chi connectivity index (χ3v) is 10.5. The topological polar surface area (TPSA) is 171 Å². The molecule has 1 aliphatic rings. The van der Waals surface area contributed by atoms with Crippen molar-refractivity contribution in [2.45, 2.75) is 72.4 Å². The van der Waals surface area contributed by atoms with Crippen LogP contribution >= 0.6 is 22.8 Å². The van der Waals surface area contributed by atoms with Gasteiger partial charge >= 0.3 is 49.4 Å². The molecule has 43 heavy (non-hydrogen) atoms. The predicted octanol–water partition coefficient (Wildman–Crippen LogP) is 2.98.